The van der Waals surface area contributed by atoms with Crippen molar-refractivity contribution in [3.63, 3.8) is 0 Å². The van der Waals surface area contributed by atoms with Crippen molar-refractivity contribution >= 4 is 5.97 Å². The average Bonchev–Trinajstić information content (AvgIpc) is 2.28. The zero-order valence-corrected chi connectivity index (χ0v) is 10.5. The van der Waals surface area contributed by atoms with E-state index in [4.69, 9.17) is 9.84 Å². The Morgan fingerprint density at radius 2 is 2.00 bits per heavy atom. The molecule has 4 nitrogen and oxygen atoms in total. The van der Waals surface area contributed by atoms with Crippen molar-refractivity contribution < 1.29 is 14.6 Å². The molecule has 1 rings (SSSR count). The minimum absolute atomic E-state index is 0.133. The van der Waals surface area contributed by atoms with Crippen LogP contribution in [0.3, 0.4) is 0 Å². The van der Waals surface area contributed by atoms with Crippen molar-refractivity contribution in [2.75, 3.05) is 13.7 Å². The molecule has 1 aromatic rings. The fourth-order valence-electron chi connectivity index (χ4n) is 1.48. The van der Waals surface area contributed by atoms with Crippen molar-refractivity contribution in [2.45, 2.75) is 25.9 Å². The summed E-state index contributed by atoms with van der Waals surface area (Å²) < 4.78 is 4.93. The van der Waals surface area contributed by atoms with Crippen molar-refractivity contribution in [1.29, 1.82) is 0 Å². The lowest BCUT2D eigenvalue weighted by molar-refractivity contribution is -0.146. The number of carboxylic acids is 1. The maximum Gasteiger partial charge on any atom is 0.326 e. The molecule has 0 aliphatic carbocycles. The molecule has 0 heterocycles. The molecule has 0 saturated carbocycles. The van der Waals surface area contributed by atoms with Crippen LogP contribution in [0.25, 0.3) is 0 Å². The Bertz CT molecular complexity index is 375. The summed E-state index contributed by atoms with van der Waals surface area (Å²) in [6.07, 6.45) is 0. The third-order valence-electron chi connectivity index (χ3n) is 2.71. The van der Waals surface area contributed by atoms with Crippen LogP contribution in [-0.4, -0.2) is 30.3 Å². The van der Waals surface area contributed by atoms with E-state index >= 15 is 0 Å². The van der Waals surface area contributed by atoms with Gasteiger partial charge in [-0.2, -0.15) is 0 Å². The molecule has 0 aromatic heterocycles. The van der Waals surface area contributed by atoms with Gasteiger partial charge in [-0.3, -0.25) is 10.1 Å². The van der Waals surface area contributed by atoms with E-state index in [9.17, 15) is 4.79 Å². The summed E-state index contributed by atoms with van der Waals surface area (Å²) in [5, 5.41) is 12.2. The van der Waals surface area contributed by atoms with Crippen molar-refractivity contribution in [3.05, 3.63) is 35.4 Å². The molecular weight excluding hydrogens is 218 g/mol. The summed E-state index contributed by atoms with van der Waals surface area (Å²) in [6.45, 7) is 4.27. The Hall–Kier alpha value is -1.39. The first-order valence-corrected chi connectivity index (χ1v) is 5.51. The Morgan fingerprint density at radius 3 is 2.47 bits per heavy atom. The topological polar surface area (TPSA) is 58.6 Å². The molecule has 94 valence electrons. The summed E-state index contributed by atoms with van der Waals surface area (Å²) >= 11 is 0. The molecule has 0 aliphatic rings. The first-order chi connectivity index (χ1) is 7.98. The number of aliphatic carboxylic acids is 1. The second-order valence-corrected chi connectivity index (χ2v) is 4.41. The van der Waals surface area contributed by atoms with E-state index < -0.39 is 11.5 Å². The quantitative estimate of drug-likeness (QED) is 0.788. The summed E-state index contributed by atoms with van der Waals surface area (Å²) in [5.74, 6) is -0.911. The molecule has 1 atom stereocenters. The number of rotatable bonds is 6. The highest BCUT2D eigenvalue weighted by molar-refractivity contribution is 5.78. The smallest absolute Gasteiger partial charge is 0.326 e. The lowest BCUT2D eigenvalue weighted by atomic mass is 10.0. The van der Waals surface area contributed by atoms with Crippen LogP contribution in [-0.2, 0) is 16.1 Å². The van der Waals surface area contributed by atoms with Crippen LogP contribution < -0.4 is 5.32 Å². The first-order valence-electron chi connectivity index (χ1n) is 5.51. The second-order valence-electron chi connectivity index (χ2n) is 4.41. The Labute approximate surface area is 102 Å². The van der Waals surface area contributed by atoms with Crippen LogP contribution >= 0.6 is 0 Å². The molecule has 0 saturated heterocycles. The van der Waals surface area contributed by atoms with Crippen LogP contribution in [0.4, 0.5) is 0 Å². The predicted molar refractivity (Wildman–Crippen MR) is 65.9 cm³/mol. The highest BCUT2D eigenvalue weighted by Crippen LogP contribution is 2.08. The molecule has 1 unspecified atom stereocenters. The molecular formula is C13H19NO3. The molecule has 0 spiro atoms. The van der Waals surface area contributed by atoms with E-state index in [-0.39, 0.29) is 6.61 Å². The van der Waals surface area contributed by atoms with Crippen LogP contribution in [0.2, 0.25) is 0 Å². The molecule has 4 heteroatoms. The number of benzene rings is 1. The van der Waals surface area contributed by atoms with Crippen molar-refractivity contribution in [3.8, 4) is 0 Å². The summed E-state index contributed by atoms with van der Waals surface area (Å²) in [7, 11) is 1.49. The van der Waals surface area contributed by atoms with Gasteiger partial charge in [0.05, 0.1) is 6.61 Å². The van der Waals surface area contributed by atoms with Gasteiger partial charge >= 0.3 is 5.97 Å². The second kappa shape index (κ2) is 5.80. The van der Waals surface area contributed by atoms with E-state index in [1.807, 2.05) is 31.2 Å². The lowest BCUT2D eigenvalue weighted by Crippen LogP contribution is -2.52. The first kappa shape index (κ1) is 13.7. The predicted octanol–water partition coefficient (Wildman–Crippen LogP) is 1.57. The zero-order chi connectivity index (χ0) is 12.9. The van der Waals surface area contributed by atoms with Crippen LogP contribution in [0, 0.1) is 6.92 Å². The van der Waals surface area contributed by atoms with Gasteiger partial charge in [0.1, 0.15) is 5.54 Å². The van der Waals surface area contributed by atoms with Crippen LogP contribution in [0.15, 0.2) is 24.3 Å². The van der Waals surface area contributed by atoms with Gasteiger partial charge in [-0.05, 0) is 19.4 Å². The van der Waals surface area contributed by atoms with Gasteiger partial charge < -0.3 is 9.84 Å². The average molecular weight is 237 g/mol. The molecule has 0 bridgehead atoms. The fraction of sp³-hybridized carbons (Fsp3) is 0.462. The SMILES string of the molecule is COCC(C)(NCc1ccc(C)cc1)C(=O)O. The highest BCUT2D eigenvalue weighted by atomic mass is 16.5. The number of carbonyl (C=O) groups is 1. The van der Waals surface area contributed by atoms with E-state index in [1.54, 1.807) is 6.92 Å². The number of nitrogens with one attached hydrogen (secondary N) is 1. The van der Waals surface area contributed by atoms with Gasteiger partial charge in [0.2, 0.25) is 0 Å². The third kappa shape index (κ3) is 3.84. The lowest BCUT2D eigenvalue weighted by Gasteiger charge is -2.25. The number of hydrogen-bond acceptors (Lipinski definition) is 3. The number of ether oxygens (including phenoxy) is 1. The third-order valence-corrected chi connectivity index (χ3v) is 2.71. The van der Waals surface area contributed by atoms with E-state index in [0.717, 1.165) is 5.56 Å². The molecule has 0 amide bonds. The molecule has 1 aromatic carbocycles. The molecule has 0 fully saturated rings. The Balaban J connectivity index is 2.64. The van der Waals surface area contributed by atoms with Crippen molar-refractivity contribution in [1.82, 2.24) is 5.32 Å². The van der Waals surface area contributed by atoms with E-state index in [1.165, 1.54) is 12.7 Å². The molecule has 17 heavy (non-hydrogen) atoms. The highest BCUT2D eigenvalue weighted by Gasteiger charge is 2.32. The van der Waals surface area contributed by atoms with Gasteiger partial charge in [0.15, 0.2) is 0 Å². The van der Waals surface area contributed by atoms with E-state index in [2.05, 4.69) is 5.32 Å². The molecule has 0 aliphatic heterocycles. The summed E-state index contributed by atoms with van der Waals surface area (Å²) in [4.78, 5) is 11.1. The Kier molecular flexibility index (Phi) is 4.66. The largest absolute Gasteiger partial charge is 0.480 e. The number of hydrogen-bond donors (Lipinski definition) is 2. The zero-order valence-electron chi connectivity index (χ0n) is 10.5. The number of methoxy groups -OCH3 is 1. The van der Waals surface area contributed by atoms with Crippen LogP contribution in [0.1, 0.15) is 18.1 Å². The van der Waals surface area contributed by atoms with Gasteiger partial charge in [0, 0.05) is 13.7 Å². The van der Waals surface area contributed by atoms with Gasteiger partial charge in [0.25, 0.3) is 0 Å². The van der Waals surface area contributed by atoms with Crippen molar-refractivity contribution in [2.24, 2.45) is 0 Å². The maximum atomic E-state index is 11.1. The maximum absolute atomic E-state index is 11.1. The number of carboxylic acid groups (broad SMARTS) is 1. The molecule has 0 radical (unpaired) electrons. The summed E-state index contributed by atoms with van der Waals surface area (Å²) in [5.41, 5.74) is 1.19. The van der Waals surface area contributed by atoms with Gasteiger partial charge in [-0.1, -0.05) is 29.8 Å². The van der Waals surface area contributed by atoms with Crippen LogP contribution in [0.5, 0.6) is 0 Å². The van der Waals surface area contributed by atoms with Gasteiger partial charge in [-0.15, -0.1) is 0 Å². The van der Waals surface area contributed by atoms with Gasteiger partial charge in [-0.25, -0.2) is 0 Å². The minimum atomic E-state index is -1.06. The number of aryl methyl sites for hydroxylation is 1. The van der Waals surface area contributed by atoms with E-state index in [0.29, 0.717) is 6.54 Å². The monoisotopic (exact) mass is 237 g/mol. The normalized spacial score (nSPS) is 14.3. The Morgan fingerprint density at radius 1 is 1.41 bits per heavy atom. The summed E-state index contributed by atoms with van der Waals surface area (Å²) in [6, 6.07) is 7.98. The fourth-order valence-corrected chi connectivity index (χ4v) is 1.48. The standard InChI is InChI=1S/C13H19NO3/c1-10-4-6-11(7-5-10)8-14-13(2,9-17-3)12(15)16/h4-7,14H,8-9H2,1-3H3,(H,15,16). The minimum Gasteiger partial charge on any atom is -0.480 e. The molecule has 2 N–H and O–H groups in total.